The number of aryl methyl sites for hydroxylation is 3. The monoisotopic (exact) mass is 526 g/mol. The van der Waals surface area contributed by atoms with Crippen molar-refractivity contribution in [3.8, 4) is 23.5 Å². The number of alkyl halides is 2. The molecule has 0 spiro atoms. The zero-order valence-corrected chi connectivity index (χ0v) is 23.0. The van der Waals surface area contributed by atoms with E-state index in [0.29, 0.717) is 19.3 Å². The van der Waals surface area contributed by atoms with Gasteiger partial charge in [0, 0.05) is 12.3 Å². The molecule has 0 aliphatic heterocycles. The molecule has 2 fully saturated rings. The van der Waals surface area contributed by atoms with E-state index in [1.54, 1.807) is 5.92 Å². The SMILES string of the molecule is C#CC(F)(F)[C@]1(O)CC[C@H]2[C@@H]3CCC4=CC(=O)CCC4=C3[C@@H](c3ccc(-c4c(C)cc(C)cc4C)cc3)C[C@@H]21. The van der Waals surface area contributed by atoms with Gasteiger partial charge < -0.3 is 5.11 Å². The zero-order valence-electron chi connectivity index (χ0n) is 23.0. The van der Waals surface area contributed by atoms with Crippen LogP contribution in [0.25, 0.3) is 11.1 Å². The van der Waals surface area contributed by atoms with Gasteiger partial charge in [-0.05, 0) is 128 Å². The van der Waals surface area contributed by atoms with E-state index in [4.69, 9.17) is 6.42 Å². The van der Waals surface area contributed by atoms with Crippen molar-refractivity contribution in [3.63, 3.8) is 0 Å². The standard InChI is InChI=1S/C35H36F2O2/c1-5-35(36,37)34(39)15-14-28-29-12-10-25-18-26(38)11-13-27(25)33(29)30(19-31(28)34)23-6-8-24(9-7-23)32-21(3)16-20(2)17-22(32)4/h1,6-9,16-18,28-31,39H,10-15,19H2,2-4H3/t28-,29-,30+,31-,34-/m0/s1. The van der Waals surface area contributed by atoms with Crippen molar-refractivity contribution in [1.29, 1.82) is 0 Å². The number of carbonyl (C=O) groups excluding carboxylic acids is 1. The van der Waals surface area contributed by atoms with Gasteiger partial charge in [-0.25, -0.2) is 0 Å². The van der Waals surface area contributed by atoms with Crippen LogP contribution in [0.2, 0.25) is 0 Å². The highest BCUT2D eigenvalue weighted by Crippen LogP contribution is 2.63. The second-order valence-corrected chi connectivity index (χ2v) is 12.4. The third-order valence-corrected chi connectivity index (χ3v) is 10.2. The Morgan fingerprint density at radius 1 is 1.03 bits per heavy atom. The molecule has 2 saturated carbocycles. The van der Waals surface area contributed by atoms with Crippen molar-refractivity contribution in [1.82, 2.24) is 0 Å². The van der Waals surface area contributed by atoms with Gasteiger partial charge >= 0.3 is 5.92 Å². The molecule has 6 rings (SSSR count). The quantitative estimate of drug-likeness (QED) is 0.415. The van der Waals surface area contributed by atoms with E-state index in [9.17, 15) is 9.90 Å². The van der Waals surface area contributed by atoms with E-state index >= 15 is 8.78 Å². The molecule has 0 amide bonds. The van der Waals surface area contributed by atoms with Crippen LogP contribution in [0.4, 0.5) is 8.78 Å². The first-order valence-corrected chi connectivity index (χ1v) is 14.3. The summed E-state index contributed by atoms with van der Waals surface area (Å²) in [6, 6.07) is 13.0. The first kappa shape index (κ1) is 26.2. The maximum Gasteiger partial charge on any atom is 0.336 e. The van der Waals surface area contributed by atoms with Gasteiger partial charge in [0.1, 0.15) is 5.60 Å². The number of hydrogen-bond donors (Lipinski definition) is 1. The van der Waals surface area contributed by atoms with E-state index in [0.717, 1.165) is 36.0 Å². The molecular formula is C35H36F2O2. The third kappa shape index (κ3) is 4.04. The maximum atomic E-state index is 15.1. The molecular weight excluding hydrogens is 490 g/mol. The second kappa shape index (κ2) is 9.27. The topological polar surface area (TPSA) is 37.3 Å². The minimum Gasteiger partial charge on any atom is -0.382 e. The summed E-state index contributed by atoms with van der Waals surface area (Å²) in [6.45, 7) is 6.37. The lowest BCUT2D eigenvalue weighted by molar-refractivity contribution is -0.173. The predicted molar refractivity (Wildman–Crippen MR) is 150 cm³/mol. The number of terminal acetylenes is 1. The highest BCUT2D eigenvalue weighted by molar-refractivity contribution is 5.93. The van der Waals surface area contributed by atoms with E-state index in [-0.39, 0.29) is 30.0 Å². The van der Waals surface area contributed by atoms with Gasteiger partial charge in [0.15, 0.2) is 5.78 Å². The van der Waals surface area contributed by atoms with Crippen LogP contribution >= 0.6 is 0 Å². The number of carbonyl (C=O) groups is 1. The first-order valence-electron chi connectivity index (χ1n) is 14.3. The van der Waals surface area contributed by atoms with Crippen LogP contribution < -0.4 is 0 Å². The van der Waals surface area contributed by atoms with E-state index in [1.165, 1.54) is 33.4 Å². The summed E-state index contributed by atoms with van der Waals surface area (Å²) in [4.78, 5) is 12.3. The van der Waals surface area contributed by atoms with Gasteiger partial charge in [0.05, 0.1) is 0 Å². The lowest BCUT2D eigenvalue weighted by Crippen LogP contribution is -2.53. The zero-order chi connectivity index (χ0) is 27.7. The lowest BCUT2D eigenvalue weighted by Gasteiger charge is -2.49. The van der Waals surface area contributed by atoms with Crippen LogP contribution in [0.1, 0.15) is 73.1 Å². The smallest absolute Gasteiger partial charge is 0.336 e. The first-order chi connectivity index (χ1) is 18.5. The number of rotatable bonds is 3. The maximum absolute atomic E-state index is 15.1. The second-order valence-electron chi connectivity index (χ2n) is 12.4. The average Bonchev–Trinajstić information content (AvgIpc) is 3.26. The molecule has 0 radical (unpaired) electrons. The van der Waals surface area contributed by atoms with Crippen LogP contribution in [0, 0.1) is 50.9 Å². The van der Waals surface area contributed by atoms with Crippen LogP contribution in [0.5, 0.6) is 0 Å². The molecule has 4 aliphatic rings. The highest BCUT2D eigenvalue weighted by atomic mass is 19.3. The number of allylic oxidation sites excluding steroid dienone is 4. The Bertz CT molecular complexity index is 1430. The van der Waals surface area contributed by atoms with E-state index < -0.39 is 17.4 Å². The Kier molecular flexibility index (Phi) is 6.23. The molecule has 0 heterocycles. The minimum atomic E-state index is -3.57. The summed E-state index contributed by atoms with van der Waals surface area (Å²) in [7, 11) is 0. The molecule has 0 saturated heterocycles. The number of hydrogen-bond acceptors (Lipinski definition) is 2. The fraction of sp³-hybridized carbons (Fsp3) is 0.457. The fourth-order valence-corrected chi connectivity index (χ4v) is 8.63. The van der Waals surface area contributed by atoms with E-state index in [1.807, 2.05) is 6.08 Å². The lowest BCUT2D eigenvalue weighted by atomic mass is 9.56. The van der Waals surface area contributed by atoms with Crippen molar-refractivity contribution in [2.24, 2.45) is 17.8 Å². The number of ketones is 1. The highest BCUT2D eigenvalue weighted by Gasteiger charge is 2.65. The molecule has 4 heteroatoms. The van der Waals surface area contributed by atoms with Gasteiger partial charge in [-0.1, -0.05) is 47.5 Å². The molecule has 39 heavy (non-hydrogen) atoms. The van der Waals surface area contributed by atoms with Crippen LogP contribution in [0.15, 0.2) is 59.2 Å². The van der Waals surface area contributed by atoms with Gasteiger partial charge in [0.2, 0.25) is 0 Å². The molecule has 1 N–H and O–H groups in total. The molecule has 2 nitrogen and oxygen atoms in total. The Morgan fingerprint density at radius 3 is 2.38 bits per heavy atom. The summed E-state index contributed by atoms with van der Waals surface area (Å²) in [6.07, 6.45) is 10.9. The fourth-order valence-electron chi connectivity index (χ4n) is 8.63. The average molecular weight is 527 g/mol. The Labute approximate surface area is 230 Å². The summed E-state index contributed by atoms with van der Waals surface area (Å²) in [5.41, 5.74) is 8.68. The van der Waals surface area contributed by atoms with Gasteiger partial charge in [-0.2, -0.15) is 8.78 Å². The number of aliphatic hydroxyl groups is 1. The van der Waals surface area contributed by atoms with Gasteiger partial charge in [-0.3, -0.25) is 4.79 Å². The molecule has 0 aromatic heterocycles. The third-order valence-electron chi connectivity index (χ3n) is 10.2. The molecule has 2 aromatic rings. The molecule has 202 valence electrons. The molecule has 0 bridgehead atoms. The summed E-state index contributed by atoms with van der Waals surface area (Å²) in [5.74, 6) is -2.32. The Balaban J connectivity index is 1.46. The van der Waals surface area contributed by atoms with Crippen molar-refractivity contribution in [2.45, 2.75) is 83.2 Å². The normalized spacial score (nSPS) is 30.3. The van der Waals surface area contributed by atoms with Crippen molar-refractivity contribution in [2.75, 3.05) is 0 Å². The number of halogens is 2. The van der Waals surface area contributed by atoms with Gasteiger partial charge in [-0.15, -0.1) is 6.42 Å². The summed E-state index contributed by atoms with van der Waals surface area (Å²) >= 11 is 0. The number of benzene rings is 2. The molecule has 2 aromatic carbocycles. The Hall–Kier alpha value is -3.03. The molecule has 5 atom stereocenters. The van der Waals surface area contributed by atoms with Crippen LogP contribution in [0.3, 0.4) is 0 Å². The van der Waals surface area contributed by atoms with Crippen molar-refractivity contribution < 1.29 is 18.7 Å². The van der Waals surface area contributed by atoms with Crippen LogP contribution in [-0.2, 0) is 4.79 Å². The summed E-state index contributed by atoms with van der Waals surface area (Å²) < 4.78 is 30.2. The van der Waals surface area contributed by atoms with Crippen molar-refractivity contribution >= 4 is 5.78 Å². The molecule has 4 aliphatic carbocycles. The summed E-state index contributed by atoms with van der Waals surface area (Å²) in [5, 5.41) is 11.4. The Morgan fingerprint density at radius 2 is 1.72 bits per heavy atom. The van der Waals surface area contributed by atoms with Gasteiger partial charge in [0.25, 0.3) is 0 Å². The van der Waals surface area contributed by atoms with Crippen molar-refractivity contribution in [3.05, 3.63) is 81.4 Å². The van der Waals surface area contributed by atoms with Crippen LogP contribution in [-0.4, -0.2) is 22.4 Å². The van der Waals surface area contributed by atoms with E-state index in [2.05, 4.69) is 57.2 Å². The predicted octanol–water partition coefficient (Wildman–Crippen LogP) is 7.79. The number of fused-ring (bicyclic) bond motifs is 4. The molecule has 0 unspecified atom stereocenters. The minimum absolute atomic E-state index is 0.0238. The largest absolute Gasteiger partial charge is 0.382 e.